The van der Waals surface area contributed by atoms with E-state index in [-0.39, 0.29) is 10.4 Å². The van der Waals surface area contributed by atoms with Crippen molar-refractivity contribution >= 4 is 21.8 Å². The lowest BCUT2D eigenvalue weighted by Crippen LogP contribution is -2.15. The average Bonchev–Trinajstić information content (AvgIpc) is 2.92. The number of nitrogens with two attached hydrogens (primary N) is 1. The van der Waals surface area contributed by atoms with Crippen LogP contribution >= 0.6 is 15.9 Å². The minimum Gasteiger partial charge on any atom is -0.432 e. The number of alkyl halides is 2. The van der Waals surface area contributed by atoms with E-state index in [2.05, 4.69) is 42.3 Å². The summed E-state index contributed by atoms with van der Waals surface area (Å²) >= 11 is 3.12. The summed E-state index contributed by atoms with van der Waals surface area (Å²) in [7, 11) is 0. The van der Waals surface area contributed by atoms with Crippen molar-refractivity contribution in [3.63, 3.8) is 0 Å². The van der Waals surface area contributed by atoms with Gasteiger partial charge < -0.3 is 10.5 Å². The van der Waals surface area contributed by atoms with Crippen molar-refractivity contribution in [3.05, 3.63) is 52.3 Å². The molecule has 0 aliphatic rings. The fourth-order valence-corrected chi connectivity index (χ4v) is 2.50. The van der Waals surface area contributed by atoms with Crippen molar-refractivity contribution in [3.8, 4) is 5.75 Å². The van der Waals surface area contributed by atoms with Gasteiger partial charge in [0, 0.05) is 17.7 Å². The molecule has 2 heterocycles. The number of nitrogens with zero attached hydrogens (tertiary/aromatic N) is 4. The molecule has 6 nitrogen and oxygen atoms in total. The molecular weight excluding hydrogens is 384 g/mol. The number of pyridine rings is 1. The molecule has 128 valence electrons. The molecule has 0 atom stereocenters. The first-order valence-electron chi connectivity index (χ1n) is 6.91. The zero-order valence-corrected chi connectivity index (χ0v) is 14.7. The van der Waals surface area contributed by atoms with Crippen molar-refractivity contribution in [2.75, 3.05) is 0 Å². The van der Waals surface area contributed by atoms with E-state index in [0.717, 1.165) is 11.1 Å². The van der Waals surface area contributed by atoms with Crippen LogP contribution in [0.5, 0.6) is 5.75 Å². The molecule has 2 rings (SSSR count). The Morgan fingerprint density at radius 1 is 1.46 bits per heavy atom. The first kappa shape index (κ1) is 18.1. The lowest BCUT2D eigenvalue weighted by Gasteiger charge is -2.13. The molecule has 0 unspecified atom stereocenters. The molecule has 0 saturated heterocycles. The van der Waals surface area contributed by atoms with Crippen LogP contribution in [0.1, 0.15) is 18.4 Å². The maximum atomic E-state index is 12.3. The van der Waals surface area contributed by atoms with Crippen LogP contribution in [-0.2, 0) is 6.42 Å². The van der Waals surface area contributed by atoms with Gasteiger partial charge in [0.1, 0.15) is 22.6 Å². The Balaban J connectivity index is 2.34. The fourth-order valence-electron chi connectivity index (χ4n) is 2.05. The minimum atomic E-state index is -2.91. The Bertz CT molecular complexity index is 788. The van der Waals surface area contributed by atoms with E-state index in [1.807, 2.05) is 6.92 Å². The van der Waals surface area contributed by atoms with E-state index in [1.54, 1.807) is 13.0 Å². The summed E-state index contributed by atoms with van der Waals surface area (Å²) in [4.78, 5) is 8.25. The van der Waals surface area contributed by atoms with Gasteiger partial charge in [0.2, 0.25) is 0 Å². The zero-order valence-electron chi connectivity index (χ0n) is 13.1. The summed E-state index contributed by atoms with van der Waals surface area (Å²) in [5.41, 5.74) is 8.27. The highest BCUT2D eigenvalue weighted by atomic mass is 79.9. The number of hydrogen-bond acceptors (Lipinski definition) is 5. The lowest BCUT2D eigenvalue weighted by atomic mass is 10.0. The van der Waals surface area contributed by atoms with Crippen LogP contribution in [0, 0.1) is 6.92 Å². The molecule has 0 radical (unpaired) electrons. The fraction of sp³-hybridized carbons (Fsp3) is 0.267. The van der Waals surface area contributed by atoms with E-state index in [9.17, 15) is 8.78 Å². The first-order chi connectivity index (χ1) is 11.3. The Kier molecular flexibility index (Phi) is 5.66. The highest BCUT2D eigenvalue weighted by molar-refractivity contribution is 9.10. The average molecular weight is 400 g/mol. The zero-order chi connectivity index (χ0) is 17.9. The van der Waals surface area contributed by atoms with Gasteiger partial charge in [-0.2, -0.15) is 13.9 Å². The van der Waals surface area contributed by atoms with Crippen LogP contribution in [0.2, 0.25) is 0 Å². The molecule has 24 heavy (non-hydrogen) atoms. The first-order valence-corrected chi connectivity index (χ1v) is 7.70. The SMILES string of the molecule is C=C(C)/C(Cc1ccc(OC(F)F)c(Br)n1)=C(/N)n1ncnc1C. The van der Waals surface area contributed by atoms with Crippen molar-refractivity contribution in [1.29, 1.82) is 0 Å². The minimum absolute atomic E-state index is 0.0327. The highest BCUT2D eigenvalue weighted by Gasteiger charge is 2.14. The van der Waals surface area contributed by atoms with Crippen molar-refractivity contribution < 1.29 is 13.5 Å². The van der Waals surface area contributed by atoms with Gasteiger partial charge in [0.15, 0.2) is 5.75 Å². The van der Waals surface area contributed by atoms with Gasteiger partial charge in [-0.25, -0.2) is 14.6 Å². The Morgan fingerprint density at radius 2 is 2.17 bits per heavy atom. The van der Waals surface area contributed by atoms with E-state index < -0.39 is 6.61 Å². The monoisotopic (exact) mass is 399 g/mol. The summed E-state index contributed by atoms with van der Waals surface area (Å²) in [6, 6.07) is 3.01. The van der Waals surface area contributed by atoms with Gasteiger partial charge >= 0.3 is 6.61 Å². The summed E-state index contributed by atoms with van der Waals surface area (Å²) < 4.78 is 30.6. The van der Waals surface area contributed by atoms with Crippen molar-refractivity contribution in [2.45, 2.75) is 26.9 Å². The molecule has 2 aromatic rings. The number of ether oxygens (including phenoxy) is 1. The van der Waals surface area contributed by atoms with Gasteiger partial charge in [-0.3, -0.25) is 0 Å². The molecular formula is C15H16BrF2N5O. The molecule has 0 fully saturated rings. The number of aromatic nitrogens is 4. The van der Waals surface area contributed by atoms with Crippen molar-refractivity contribution in [1.82, 2.24) is 19.7 Å². The van der Waals surface area contributed by atoms with Crippen LogP contribution < -0.4 is 10.5 Å². The van der Waals surface area contributed by atoms with Crippen LogP contribution in [0.15, 0.2) is 40.8 Å². The maximum absolute atomic E-state index is 12.3. The smallest absolute Gasteiger partial charge is 0.387 e. The van der Waals surface area contributed by atoms with Gasteiger partial charge in [0.25, 0.3) is 0 Å². The number of aryl methyl sites for hydroxylation is 1. The van der Waals surface area contributed by atoms with E-state index in [4.69, 9.17) is 5.73 Å². The number of allylic oxidation sites excluding steroid dienone is 2. The second-order valence-corrected chi connectivity index (χ2v) is 5.76. The van der Waals surface area contributed by atoms with Crippen LogP contribution in [-0.4, -0.2) is 26.4 Å². The third-order valence-corrected chi connectivity index (χ3v) is 3.78. The third-order valence-electron chi connectivity index (χ3n) is 3.22. The van der Waals surface area contributed by atoms with Crippen molar-refractivity contribution in [2.24, 2.45) is 5.73 Å². The normalized spacial score (nSPS) is 12.2. The molecule has 0 aliphatic carbocycles. The van der Waals surface area contributed by atoms with Crippen LogP contribution in [0.4, 0.5) is 8.78 Å². The summed E-state index contributed by atoms with van der Waals surface area (Å²) in [5.74, 6) is 0.999. The molecule has 0 bridgehead atoms. The quantitative estimate of drug-likeness (QED) is 0.595. The highest BCUT2D eigenvalue weighted by Crippen LogP contribution is 2.26. The third kappa shape index (κ3) is 4.16. The van der Waals surface area contributed by atoms with Gasteiger partial charge in [-0.05, 0) is 41.9 Å². The van der Waals surface area contributed by atoms with Gasteiger partial charge in [-0.15, -0.1) is 0 Å². The topological polar surface area (TPSA) is 78.9 Å². The predicted molar refractivity (Wildman–Crippen MR) is 89.2 cm³/mol. The summed E-state index contributed by atoms with van der Waals surface area (Å²) in [6.07, 6.45) is 1.76. The van der Waals surface area contributed by atoms with Gasteiger partial charge in [-0.1, -0.05) is 12.2 Å². The molecule has 0 saturated carbocycles. The number of halogens is 3. The number of hydrogen-bond donors (Lipinski definition) is 1. The Morgan fingerprint density at radius 3 is 2.67 bits per heavy atom. The summed E-state index contributed by atoms with van der Waals surface area (Å²) in [6.45, 7) is 4.61. The largest absolute Gasteiger partial charge is 0.432 e. The molecule has 9 heteroatoms. The lowest BCUT2D eigenvalue weighted by molar-refractivity contribution is -0.0506. The predicted octanol–water partition coefficient (Wildman–Crippen LogP) is 3.29. The van der Waals surface area contributed by atoms with E-state index in [0.29, 0.717) is 23.8 Å². The second kappa shape index (κ2) is 7.52. The molecule has 0 aromatic carbocycles. The summed E-state index contributed by atoms with van der Waals surface area (Å²) in [5, 5.41) is 4.07. The van der Waals surface area contributed by atoms with E-state index >= 15 is 0 Å². The number of rotatable bonds is 6. The molecule has 2 N–H and O–H groups in total. The van der Waals surface area contributed by atoms with Gasteiger partial charge in [0.05, 0.1) is 0 Å². The van der Waals surface area contributed by atoms with Crippen LogP contribution in [0.3, 0.4) is 0 Å². The van der Waals surface area contributed by atoms with Crippen LogP contribution in [0.25, 0.3) is 5.82 Å². The second-order valence-electron chi connectivity index (χ2n) is 5.01. The molecule has 0 aliphatic heterocycles. The standard InChI is InChI=1S/C15H16BrF2N5O/c1-8(2)11(14(19)23-9(3)20-7-21-23)6-10-4-5-12(13(16)22-10)24-15(17)18/h4-5,7,15H,1,6,19H2,2-3H3/b14-11-. The maximum Gasteiger partial charge on any atom is 0.387 e. The van der Waals surface area contributed by atoms with E-state index in [1.165, 1.54) is 17.1 Å². The molecule has 0 amide bonds. The Hall–Kier alpha value is -2.29. The molecule has 0 spiro atoms. The molecule has 2 aromatic heterocycles. The Labute approximate surface area is 146 Å².